The van der Waals surface area contributed by atoms with Crippen LogP contribution < -0.4 is 10.1 Å². The predicted octanol–water partition coefficient (Wildman–Crippen LogP) is 4.85. The van der Waals surface area contributed by atoms with Crippen molar-refractivity contribution < 1.29 is 9.53 Å². The smallest absolute Gasteiger partial charge is 0.321 e. The normalized spacial score (nSPS) is 19.1. The molecule has 2 aliphatic heterocycles. The van der Waals surface area contributed by atoms with Crippen LogP contribution in [0.15, 0.2) is 79.3 Å². The number of pyridine rings is 1. The molecule has 0 bridgehead atoms. The van der Waals surface area contributed by atoms with Crippen molar-refractivity contribution in [3.8, 4) is 17.3 Å². The number of hydrogen-bond donors (Lipinski definition) is 1. The van der Waals surface area contributed by atoms with E-state index >= 15 is 0 Å². The first kappa shape index (κ1) is 23.4. The van der Waals surface area contributed by atoms with Crippen LogP contribution in [0.4, 0.5) is 10.5 Å². The number of anilines is 1. The second-order valence-corrected chi connectivity index (χ2v) is 9.79. The minimum Gasteiger partial charge on any atom is -0.457 e. The maximum Gasteiger partial charge on any atom is 0.321 e. The summed E-state index contributed by atoms with van der Waals surface area (Å²) < 4.78 is 6.01. The van der Waals surface area contributed by atoms with E-state index in [2.05, 4.69) is 37.5 Å². The number of halogens is 1. The van der Waals surface area contributed by atoms with E-state index in [1.807, 2.05) is 47.4 Å². The van der Waals surface area contributed by atoms with Crippen LogP contribution in [0.25, 0.3) is 5.82 Å². The first-order chi connectivity index (χ1) is 18.1. The molecule has 2 aromatic heterocycles. The van der Waals surface area contributed by atoms with Gasteiger partial charge >= 0.3 is 6.03 Å². The van der Waals surface area contributed by atoms with Gasteiger partial charge in [0.1, 0.15) is 11.5 Å². The van der Waals surface area contributed by atoms with Crippen LogP contribution in [0, 0.1) is 5.92 Å². The van der Waals surface area contributed by atoms with Gasteiger partial charge < -0.3 is 15.0 Å². The van der Waals surface area contributed by atoms with E-state index in [9.17, 15) is 4.79 Å². The third-order valence-electron chi connectivity index (χ3n) is 6.91. The lowest BCUT2D eigenvalue weighted by molar-refractivity contribution is 0.204. The summed E-state index contributed by atoms with van der Waals surface area (Å²) in [6, 6.07) is 19.4. The van der Waals surface area contributed by atoms with Crippen LogP contribution >= 0.6 is 11.6 Å². The molecule has 0 spiro atoms. The third-order valence-corrected chi connectivity index (χ3v) is 7.16. The van der Waals surface area contributed by atoms with E-state index in [4.69, 9.17) is 16.3 Å². The van der Waals surface area contributed by atoms with E-state index in [1.54, 1.807) is 24.7 Å². The fourth-order valence-corrected chi connectivity index (χ4v) is 5.23. The number of nitrogens with one attached hydrogen (secondary N) is 1. The van der Waals surface area contributed by atoms with Gasteiger partial charge in [-0.2, -0.15) is 10.2 Å². The van der Waals surface area contributed by atoms with Crippen molar-refractivity contribution in [3.63, 3.8) is 0 Å². The number of likely N-dealkylation sites (tertiary alicyclic amines) is 2. The molecule has 2 atom stereocenters. The molecule has 6 rings (SSSR count). The Bertz CT molecular complexity index is 1360. The van der Waals surface area contributed by atoms with Gasteiger partial charge in [0.2, 0.25) is 0 Å². The molecule has 0 radical (unpaired) electrons. The fourth-order valence-electron chi connectivity index (χ4n) is 5.11. The van der Waals surface area contributed by atoms with Gasteiger partial charge in [0.25, 0.3) is 0 Å². The van der Waals surface area contributed by atoms with E-state index < -0.39 is 0 Å². The molecule has 2 amide bonds. The lowest BCUT2D eigenvalue weighted by Crippen LogP contribution is -2.38. The number of urea groups is 1. The van der Waals surface area contributed by atoms with Crippen molar-refractivity contribution in [1.29, 1.82) is 0 Å². The molecule has 37 heavy (non-hydrogen) atoms. The highest BCUT2D eigenvalue weighted by atomic mass is 35.5. The SMILES string of the molecule is O=C(Nc1ccc(-n2nccn2)nc1)N1CC2CCN(Cc3cccc(Oc4ccc(Cl)cc4)c3)C2C1. The number of benzene rings is 2. The molecule has 4 heterocycles. The molecule has 2 saturated heterocycles. The predicted molar refractivity (Wildman–Crippen MR) is 140 cm³/mol. The van der Waals surface area contributed by atoms with Gasteiger partial charge in [-0.3, -0.25) is 4.90 Å². The molecular formula is C27H26ClN7O2. The van der Waals surface area contributed by atoms with Gasteiger partial charge in [-0.1, -0.05) is 23.7 Å². The maximum absolute atomic E-state index is 13.0. The third kappa shape index (κ3) is 5.28. The molecule has 0 saturated carbocycles. The molecule has 2 aliphatic rings. The Balaban J connectivity index is 1.05. The molecule has 4 aromatic rings. The van der Waals surface area contributed by atoms with E-state index in [0.717, 1.165) is 37.6 Å². The number of nitrogens with zero attached hydrogens (tertiary/aromatic N) is 6. The molecule has 2 unspecified atom stereocenters. The number of ether oxygens (including phenoxy) is 1. The van der Waals surface area contributed by atoms with Gasteiger partial charge in [0.15, 0.2) is 5.82 Å². The van der Waals surface area contributed by atoms with Crippen molar-refractivity contribution in [2.75, 3.05) is 25.0 Å². The Labute approximate surface area is 219 Å². The summed E-state index contributed by atoms with van der Waals surface area (Å²) in [5, 5.41) is 11.8. The number of amides is 2. The Morgan fingerprint density at radius 1 is 1.03 bits per heavy atom. The lowest BCUT2D eigenvalue weighted by atomic mass is 10.0. The van der Waals surface area contributed by atoms with Crippen LogP contribution in [0.3, 0.4) is 0 Å². The average molecular weight is 516 g/mol. The van der Waals surface area contributed by atoms with Crippen molar-refractivity contribution >= 4 is 23.3 Å². The molecule has 1 N–H and O–H groups in total. The Morgan fingerprint density at radius 3 is 2.65 bits per heavy atom. The van der Waals surface area contributed by atoms with Gasteiger partial charge in [-0.25, -0.2) is 9.78 Å². The van der Waals surface area contributed by atoms with Crippen LogP contribution in [0.5, 0.6) is 11.5 Å². The largest absolute Gasteiger partial charge is 0.457 e. The first-order valence-electron chi connectivity index (χ1n) is 12.3. The lowest BCUT2D eigenvalue weighted by Gasteiger charge is -2.25. The monoisotopic (exact) mass is 515 g/mol. The molecule has 10 heteroatoms. The summed E-state index contributed by atoms with van der Waals surface area (Å²) in [6.07, 6.45) is 5.90. The summed E-state index contributed by atoms with van der Waals surface area (Å²) in [5.41, 5.74) is 1.83. The zero-order valence-corrected chi connectivity index (χ0v) is 20.8. The highest BCUT2D eigenvalue weighted by molar-refractivity contribution is 6.30. The molecule has 2 aromatic carbocycles. The molecule has 9 nitrogen and oxygen atoms in total. The zero-order valence-electron chi connectivity index (χ0n) is 20.1. The topological polar surface area (TPSA) is 88.4 Å². The Kier molecular flexibility index (Phi) is 6.46. The number of carbonyl (C=O) groups is 1. The molecule has 2 fully saturated rings. The molecular weight excluding hydrogens is 490 g/mol. The maximum atomic E-state index is 13.0. The fraction of sp³-hybridized carbons (Fsp3) is 0.259. The average Bonchev–Trinajstić information content (AvgIpc) is 3.66. The summed E-state index contributed by atoms with van der Waals surface area (Å²) in [4.78, 5) is 23.1. The standard InChI is InChI=1S/C27H26ClN7O2/c28-21-4-7-23(8-5-21)37-24-3-1-2-19(14-24)16-33-13-10-20-17-34(18-25(20)33)27(36)32-22-6-9-26(29-15-22)35-30-11-12-31-35/h1-9,11-12,14-15,20,25H,10,13,16-18H2,(H,32,36). The second kappa shape index (κ2) is 10.2. The number of fused-ring (bicyclic) bond motifs is 1. The summed E-state index contributed by atoms with van der Waals surface area (Å²) in [5.74, 6) is 2.62. The molecule has 0 aliphatic carbocycles. The summed E-state index contributed by atoms with van der Waals surface area (Å²) >= 11 is 5.98. The highest BCUT2D eigenvalue weighted by Gasteiger charge is 2.42. The van der Waals surface area contributed by atoms with E-state index in [0.29, 0.717) is 35.0 Å². The van der Waals surface area contributed by atoms with Crippen LogP contribution in [-0.4, -0.2) is 61.5 Å². The number of carbonyl (C=O) groups excluding carboxylic acids is 1. The van der Waals surface area contributed by atoms with Crippen molar-refractivity contribution in [2.24, 2.45) is 5.92 Å². The van der Waals surface area contributed by atoms with Gasteiger partial charge in [-0.15, -0.1) is 4.80 Å². The first-order valence-corrected chi connectivity index (χ1v) is 12.6. The Morgan fingerprint density at radius 2 is 1.86 bits per heavy atom. The minimum atomic E-state index is -0.0977. The van der Waals surface area contributed by atoms with Gasteiger partial charge in [0, 0.05) is 30.7 Å². The molecule has 188 valence electrons. The summed E-state index contributed by atoms with van der Waals surface area (Å²) in [7, 11) is 0. The number of hydrogen-bond acceptors (Lipinski definition) is 6. The van der Waals surface area contributed by atoms with Gasteiger partial charge in [0.05, 0.1) is 24.3 Å². The zero-order chi connectivity index (χ0) is 25.2. The van der Waals surface area contributed by atoms with Crippen molar-refractivity contribution in [3.05, 3.63) is 89.8 Å². The Hall–Kier alpha value is -3.95. The minimum absolute atomic E-state index is 0.0977. The van der Waals surface area contributed by atoms with Crippen molar-refractivity contribution in [2.45, 2.75) is 19.0 Å². The van der Waals surface area contributed by atoms with Crippen LogP contribution in [-0.2, 0) is 6.54 Å². The van der Waals surface area contributed by atoms with E-state index in [-0.39, 0.29) is 6.03 Å². The van der Waals surface area contributed by atoms with Crippen LogP contribution in [0.1, 0.15) is 12.0 Å². The van der Waals surface area contributed by atoms with Gasteiger partial charge in [-0.05, 0) is 73.0 Å². The van der Waals surface area contributed by atoms with E-state index in [1.165, 1.54) is 10.4 Å². The van der Waals surface area contributed by atoms with Crippen molar-refractivity contribution in [1.82, 2.24) is 29.8 Å². The quantitative estimate of drug-likeness (QED) is 0.395. The van der Waals surface area contributed by atoms with Crippen LogP contribution in [0.2, 0.25) is 5.02 Å². The highest BCUT2D eigenvalue weighted by Crippen LogP contribution is 2.33. The summed E-state index contributed by atoms with van der Waals surface area (Å²) in [6.45, 7) is 3.32. The number of rotatable bonds is 6. The second-order valence-electron chi connectivity index (χ2n) is 9.35. The number of aromatic nitrogens is 4.